The van der Waals surface area contributed by atoms with Crippen LogP contribution in [0.5, 0.6) is 0 Å². The van der Waals surface area contributed by atoms with Gasteiger partial charge in [0.2, 0.25) is 0 Å². The molecule has 3 aliphatic heterocycles. The number of rotatable bonds is 12. The normalized spacial score (nSPS) is 47.2. The summed E-state index contributed by atoms with van der Waals surface area (Å²) < 4.78 is 38.1. The van der Waals surface area contributed by atoms with Gasteiger partial charge in [-0.05, 0) is 48.3 Å². The lowest BCUT2D eigenvalue weighted by Crippen LogP contribution is -2.52. The van der Waals surface area contributed by atoms with Crippen molar-refractivity contribution < 1.29 is 33.5 Å². The Morgan fingerprint density at radius 1 is 0.564 bits per heavy atom. The first-order valence-electron chi connectivity index (χ1n) is 15.5. The number of allylic oxidation sites excluding steroid dienone is 1. The number of aliphatic hydroxyl groups excluding tert-OH is 1. The topological polar surface area (TPSA) is 75.6 Å². The van der Waals surface area contributed by atoms with Gasteiger partial charge in [0.05, 0.1) is 44.7 Å². The second kappa shape index (κ2) is 15.1. The molecule has 6 unspecified atom stereocenters. The molecule has 39 heavy (non-hydrogen) atoms. The Bertz CT molecular complexity index is 731. The highest BCUT2D eigenvalue weighted by molar-refractivity contribution is 4.87. The first-order valence-corrected chi connectivity index (χ1v) is 15.5. The van der Waals surface area contributed by atoms with Crippen LogP contribution in [0.4, 0.5) is 0 Å². The van der Waals surface area contributed by atoms with E-state index in [9.17, 15) is 5.11 Å². The van der Waals surface area contributed by atoms with Crippen molar-refractivity contribution in [3.05, 3.63) is 12.7 Å². The van der Waals surface area contributed by atoms with Gasteiger partial charge < -0.3 is 33.5 Å². The molecule has 3 heterocycles. The summed E-state index contributed by atoms with van der Waals surface area (Å²) >= 11 is 0. The third kappa shape index (κ3) is 7.85. The molecule has 0 saturated carbocycles. The Balaban J connectivity index is 1.57. The fourth-order valence-corrected chi connectivity index (χ4v) is 6.43. The first-order chi connectivity index (χ1) is 18.5. The van der Waals surface area contributed by atoms with Gasteiger partial charge in [-0.2, -0.15) is 0 Å². The Hall–Kier alpha value is -0.540. The van der Waals surface area contributed by atoms with Crippen LogP contribution >= 0.6 is 0 Å². The average molecular weight is 555 g/mol. The van der Waals surface area contributed by atoms with Crippen molar-refractivity contribution in [1.29, 1.82) is 0 Å². The monoisotopic (exact) mass is 554 g/mol. The van der Waals surface area contributed by atoms with E-state index in [2.05, 4.69) is 68.9 Å². The lowest BCUT2D eigenvalue weighted by atomic mass is 9.78. The van der Waals surface area contributed by atoms with Gasteiger partial charge in [-0.3, -0.25) is 0 Å². The number of unbranched alkanes of at least 4 members (excludes halogenated alkanes) is 1. The minimum absolute atomic E-state index is 0.0126. The molecular formula is C32H58O7. The molecule has 0 aliphatic carbocycles. The molecule has 228 valence electrons. The van der Waals surface area contributed by atoms with Crippen LogP contribution in [0, 0.1) is 53.3 Å². The van der Waals surface area contributed by atoms with E-state index in [1.165, 1.54) is 0 Å². The maximum atomic E-state index is 9.79. The van der Waals surface area contributed by atoms with E-state index in [4.69, 9.17) is 28.4 Å². The van der Waals surface area contributed by atoms with Crippen molar-refractivity contribution in [2.45, 2.75) is 112 Å². The zero-order chi connectivity index (χ0) is 28.9. The Morgan fingerprint density at radius 2 is 0.949 bits per heavy atom. The summed E-state index contributed by atoms with van der Waals surface area (Å²) in [5.41, 5.74) is 0. The third-order valence-corrected chi connectivity index (χ3v) is 10.8. The maximum absolute atomic E-state index is 9.79. The second-order valence-corrected chi connectivity index (χ2v) is 13.0. The fourth-order valence-electron chi connectivity index (χ4n) is 6.43. The molecule has 3 fully saturated rings. The van der Waals surface area contributed by atoms with Crippen molar-refractivity contribution in [2.24, 2.45) is 53.3 Å². The van der Waals surface area contributed by atoms with Crippen LogP contribution in [0.1, 0.15) is 75.2 Å². The molecule has 0 spiro atoms. The molecule has 7 nitrogen and oxygen atoms in total. The van der Waals surface area contributed by atoms with E-state index in [1.54, 1.807) is 0 Å². The summed E-state index contributed by atoms with van der Waals surface area (Å²) in [5, 5.41) is 9.79. The Labute approximate surface area is 238 Å². The van der Waals surface area contributed by atoms with E-state index in [1.807, 2.05) is 6.08 Å². The van der Waals surface area contributed by atoms with Gasteiger partial charge in [0.15, 0.2) is 18.9 Å². The molecule has 0 bridgehead atoms. The molecule has 15 atom stereocenters. The number of hydrogen-bond acceptors (Lipinski definition) is 7. The van der Waals surface area contributed by atoms with E-state index in [0.717, 1.165) is 12.8 Å². The molecule has 7 heteroatoms. The lowest BCUT2D eigenvalue weighted by molar-refractivity contribution is -0.305. The van der Waals surface area contributed by atoms with Gasteiger partial charge >= 0.3 is 0 Å². The van der Waals surface area contributed by atoms with Gasteiger partial charge in [0.1, 0.15) is 0 Å². The SMILES string of the molecule is C=CCCCO[C@@H]1OC(CO[C@@H]2OC(CO[C@@H]3OC(CO)[C@H](C)[C@H](C)C3C)[C@H](C)[C@H](C)C2C)[C@H](C)[C@H](C)C1C. The zero-order valence-electron chi connectivity index (χ0n) is 26.1. The third-order valence-electron chi connectivity index (χ3n) is 10.8. The summed E-state index contributed by atoms with van der Waals surface area (Å²) in [6, 6.07) is 0. The van der Waals surface area contributed by atoms with Crippen LogP contribution in [0.15, 0.2) is 12.7 Å². The van der Waals surface area contributed by atoms with Crippen LogP contribution in [0.3, 0.4) is 0 Å². The first kappa shape index (κ1) is 33.0. The lowest BCUT2D eigenvalue weighted by Gasteiger charge is -2.47. The molecule has 0 amide bonds. The summed E-state index contributed by atoms with van der Waals surface area (Å²) in [5.74, 6) is 3.07. The minimum atomic E-state index is -0.346. The van der Waals surface area contributed by atoms with E-state index >= 15 is 0 Å². The number of aliphatic hydroxyl groups is 1. The van der Waals surface area contributed by atoms with Crippen molar-refractivity contribution in [3.8, 4) is 0 Å². The van der Waals surface area contributed by atoms with Crippen molar-refractivity contribution in [2.75, 3.05) is 26.4 Å². The molecule has 0 aromatic carbocycles. The van der Waals surface area contributed by atoms with Gasteiger partial charge in [0.25, 0.3) is 0 Å². The van der Waals surface area contributed by atoms with E-state index in [0.29, 0.717) is 61.2 Å². The molecule has 0 aromatic heterocycles. The smallest absolute Gasteiger partial charge is 0.160 e. The molecule has 0 radical (unpaired) electrons. The van der Waals surface area contributed by atoms with Crippen LogP contribution in [-0.2, 0) is 28.4 Å². The maximum Gasteiger partial charge on any atom is 0.160 e. The van der Waals surface area contributed by atoms with Crippen molar-refractivity contribution in [1.82, 2.24) is 0 Å². The summed E-state index contributed by atoms with van der Waals surface area (Å²) in [7, 11) is 0. The fraction of sp³-hybridized carbons (Fsp3) is 0.938. The van der Waals surface area contributed by atoms with Crippen molar-refractivity contribution in [3.63, 3.8) is 0 Å². The highest BCUT2D eigenvalue weighted by Gasteiger charge is 2.44. The quantitative estimate of drug-likeness (QED) is 0.238. The Kier molecular flexibility index (Phi) is 12.7. The largest absolute Gasteiger partial charge is 0.394 e. The summed E-state index contributed by atoms with van der Waals surface area (Å²) in [6.07, 6.45) is 2.61. The summed E-state index contributed by atoms with van der Waals surface area (Å²) in [6.45, 7) is 25.4. The number of hydrogen-bond donors (Lipinski definition) is 1. The second-order valence-electron chi connectivity index (χ2n) is 13.0. The van der Waals surface area contributed by atoms with Crippen LogP contribution in [0.25, 0.3) is 0 Å². The Morgan fingerprint density at radius 3 is 1.36 bits per heavy atom. The molecule has 3 aliphatic rings. The molecule has 0 aromatic rings. The molecule has 3 saturated heterocycles. The highest BCUT2D eigenvalue weighted by atomic mass is 16.7. The molecule has 1 N–H and O–H groups in total. The predicted octanol–water partition coefficient (Wildman–Crippen LogP) is 5.89. The minimum Gasteiger partial charge on any atom is -0.394 e. The zero-order valence-corrected chi connectivity index (χ0v) is 26.1. The molecular weight excluding hydrogens is 496 g/mol. The number of ether oxygens (including phenoxy) is 6. The van der Waals surface area contributed by atoms with E-state index in [-0.39, 0.29) is 55.6 Å². The summed E-state index contributed by atoms with van der Waals surface area (Å²) in [4.78, 5) is 0. The van der Waals surface area contributed by atoms with Gasteiger partial charge in [0, 0.05) is 17.8 Å². The highest BCUT2D eigenvalue weighted by Crippen LogP contribution is 2.40. The van der Waals surface area contributed by atoms with Crippen molar-refractivity contribution >= 4 is 0 Å². The van der Waals surface area contributed by atoms with Gasteiger partial charge in [-0.25, -0.2) is 0 Å². The van der Waals surface area contributed by atoms with Crippen LogP contribution in [0.2, 0.25) is 0 Å². The van der Waals surface area contributed by atoms with Gasteiger partial charge in [-0.1, -0.05) is 68.4 Å². The van der Waals surface area contributed by atoms with Crippen LogP contribution in [-0.4, -0.2) is 68.7 Å². The average Bonchev–Trinajstić information content (AvgIpc) is 2.93. The van der Waals surface area contributed by atoms with E-state index < -0.39 is 0 Å². The molecule has 3 rings (SSSR count). The predicted molar refractivity (Wildman–Crippen MR) is 153 cm³/mol. The van der Waals surface area contributed by atoms with Gasteiger partial charge in [-0.15, -0.1) is 6.58 Å². The van der Waals surface area contributed by atoms with Crippen LogP contribution < -0.4 is 0 Å². The standard InChI is InChI=1S/C32H58O7/c1-11-12-13-14-34-30-24(8)19(3)22(6)28(38-30)16-36-32-26(10)20(4)23(7)29(39-32)17-35-31-25(9)18(2)21(5)27(15-33)37-31/h11,18-33H,1,12-17H2,2-10H3/t18-,19-,20-,21+,22+,23+,24?,25?,26?,27?,28?,29?,30+,31+,32+/m0/s1.